The van der Waals surface area contributed by atoms with E-state index >= 15 is 0 Å². The molecule has 1 unspecified atom stereocenters. The van der Waals surface area contributed by atoms with E-state index < -0.39 is 0 Å². The van der Waals surface area contributed by atoms with Crippen molar-refractivity contribution in [3.63, 3.8) is 0 Å². The van der Waals surface area contributed by atoms with Gasteiger partial charge in [0.2, 0.25) is 0 Å². The van der Waals surface area contributed by atoms with Gasteiger partial charge in [-0.15, -0.1) is 0 Å². The van der Waals surface area contributed by atoms with Crippen LogP contribution in [0.2, 0.25) is 0 Å². The predicted molar refractivity (Wildman–Crippen MR) is 127 cm³/mol. The van der Waals surface area contributed by atoms with Gasteiger partial charge in [0, 0.05) is 38.8 Å². The molecular formula is C26H35N3O3. The molecule has 2 heterocycles. The van der Waals surface area contributed by atoms with Crippen molar-refractivity contribution in [2.75, 3.05) is 20.3 Å². The van der Waals surface area contributed by atoms with Gasteiger partial charge in [-0.2, -0.15) is 0 Å². The van der Waals surface area contributed by atoms with E-state index in [1.54, 1.807) is 0 Å². The summed E-state index contributed by atoms with van der Waals surface area (Å²) in [6.07, 6.45) is 3.16. The van der Waals surface area contributed by atoms with E-state index in [0.717, 1.165) is 44.2 Å². The van der Waals surface area contributed by atoms with E-state index in [-0.39, 0.29) is 11.6 Å². The molecule has 0 aliphatic carbocycles. The van der Waals surface area contributed by atoms with Crippen LogP contribution in [0.3, 0.4) is 0 Å². The van der Waals surface area contributed by atoms with Gasteiger partial charge in [0.05, 0.1) is 18.8 Å². The van der Waals surface area contributed by atoms with Crippen LogP contribution in [0.15, 0.2) is 53.5 Å². The summed E-state index contributed by atoms with van der Waals surface area (Å²) in [6.45, 7) is 7.22. The number of benzene rings is 2. The molecule has 0 bridgehead atoms. The third-order valence-electron chi connectivity index (χ3n) is 6.05. The van der Waals surface area contributed by atoms with Crippen molar-refractivity contribution in [3.8, 4) is 5.75 Å². The number of rotatable bonds is 6. The van der Waals surface area contributed by atoms with Crippen molar-refractivity contribution in [3.05, 3.63) is 65.2 Å². The van der Waals surface area contributed by atoms with Crippen LogP contribution < -0.4 is 15.4 Å². The lowest BCUT2D eigenvalue weighted by atomic mass is 9.90. The molecular weight excluding hydrogens is 402 g/mol. The molecule has 6 heteroatoms. The fourth-order valence-corrected chi connectivity index (χ4v) is 4.29. The second kappa shape index (κ2) is 10.4. The number of nitrogens with one attached hydrogen (secondary N) is 2. The van der Waals surface area contributed by atoms with Crippen molar-refractivity contribution in [2.24, 2.45) is 4.99 Å². The number of para-hydroxylation sites is 1. The Morgan fingerprint density at radius 1 is 1.06 bits per heavy atom. The number of guanidine groups is 1. The summed E-state index contributed by atoms with van der Waals surface area (Å²) in [5.74, 6) is 1.73. The molecule has 1 atom stereocenters. The summed E-state index contributed by atoms with van der Waals surface area (Å²) >= 11 is 0. The van der Waals surface area contributed by atoms with Crippen molar-refractivity contribution in [1.29, 1.82) is 0 Å². The average Bonchev–Trinajstić information content (AvgIpc) is 2.81. The lowest BCUT2D eigenvalue weighted by Gasteiger charge is -2.38. The third-order valence-corrected chi connectivity index (χ3v) is 6.05. The Kier molecular flexibility index (Phi) is 7.33. The van der Waals surface area contributed by atoms with Gasteiger partial charge in [-0.25, -0.2) is 0 Å². The van der Waals surface area contributed by atoms with Crippen molar-refractivity contribution in [1.82, 2.24) is 10.6 Å². The number of hydrogen-bond acceptors (Lipinski definition) is 4. The Bertz CT molecular complexity index is 905. The van der Waals surface area contributed by atoms with Crippen LogP contribution in [0, 0.1) is 0 Å². The van der Waals surface area contributed by atoms with Gasteiger partial charge in [-0.05, 0) is 43.9 Å². The Hall–Kier alpha value is -2.57. The van der Waals surface area contributed by atoms with Gasteiger partial charge in [-0.1, -0.05) is 42.5 Å². The van der Waals surface area contributed by atoms with Gasteiger partial charge in [-0.3, -0.25) is 4.99 Å². The molecule has 0 radical (unpaired) electrons. The van der Waals surface area contributed by atoms with Crippen LogP contribution in [0.5, 0.6) is 5.75 Å². The van der Waals surface area contributed by atoms with Crippen LogP contribution >= 0.6 is 0 Å². The van der Waals surface area contributed by atoms with Crippen molar-refractivity contribution < 1.29 is 14.2 Å². The van der Waals surface area contributed by atoms with Crippen LogP contribution in [0.4, 0.5) is 0 Å². The fraction of sp³-hybridized carbons (Fsp3) is 0.500. The van der Waals surface area contributed by atoms with E-state index in [4.69, 9.17) is 14.2 Å². The first-order valence-corrected chi connectivity index (χ1v) is 11.5. The second-order valence-electron chi connectivity index (χ2n) is 9.17. The minimum Gasteiger partial charge on any atom is -0.487 e. The zero-order chi connectivity index (χ0) is 22.4. The van der Waals surface area contributed by atoms with Gasteiger partial charge in [0.25, 0.3) is 0 Å². The largest absolute Gasteiger partial charge is 0.487 e. The molecule has 1 fully saturated rings. The number of nitrogens with zero attached hydrogens (tertiary/aromatic N) is 1. The van der Waals surface area contributed by atoms with Crippen LogP contribution in [-0.2, 0) is 22.6 Å². The highest BCUT2D eigenvalue weighted by atomic mass is 16.5. The smallest absolute Gasteiger partial charge is 0.191 e. The molecule has 2 aliphatic rings. The second-order valence-corrected chi connectivity index (χ2v) is 9.17. The van der Waals surface area contributed by atoms with Crippen LogP contribution in [0.1, 0.15) is 55.8 Å². The molecule has 32 heavy (non-hydrogen) atoms. The lowest BCUT2D eigenvalue weighted by Crippen LogP contribution is -2.45. The molecule has 0 saturated carbocycles. The average molecular weight is 438 g/mol. The van der Waals surface area contributed by atoms with Gasteiger partial charge < -0.3 is 24.8 Å². The van der Waals surface area contributed by atoms with Gasteiger partial charge >= 0.3 is 0 Å². The quantitative estimate of drug-likeness (QED) is 0.520. The highest BCUT2D eigenvalue weighted by molar-refractivity contribution is 5.80. The van der Waals surface area contributed by atoms with Crippen molar-refractivity contribution >= 4 is 5.96 Å². The Labute approximate surface area is 191 Å². The Balaban J connectivity index is 1.30. The number of hydrogen-bond donors (Lipinski definition) is 2. The molecule has 1 saturated heterocycles. The molecule has 0 aromatic heterocycles. The lowest BCUT2D eigenvalue weighted by molar-refractivity contribution is -0.0390. The van der Waals surface area contributed by atoms with E-state index in [9.17, 15) is 0 Å². The SMILES string of the molecule is CN=C(NCc1ccc(COC2CCOCC2)cc1)NC1CC(C)(C)Oc2ccccc21. The molecule has 0 amide bonds. The Morgan fingerprint density at radius 2 is 1.78 bits per heavy atom. The minimum atomic E-state index is -0.229. The van der Waals surface area contributed by atoms with E-state index in [1.165, 1.54) is 16.7 Å². The molecule has 2 N–H and O–H groups in total. The fourth-order valence-electron chi connectivity index (χ4n) is 4.29. The summed E-state index contributed by atoms with van der Waals surface area (Å²) in [5, 5.41) is 7.03. The molecule has 4 rings (SSSR count). The van der Waals surface area contributed by atoms with Gasteiger partial charge in [0.1, 0.15) is 11.4 Å². The number of fused-ring (bicyclic) bond motifs is 1. The zero-order valence-corrected chi connectivity index (χ0v) is 19.4. The summed E-state index contributed by atoms with van der Waals surface area (Å²) in [7, 11) is 1.81. The maximum Gasteiger partial charge on any atom is 0.191 e. The summed E-state index contributed by atoms with van der Waals surface area (Å²) in [6, 6.07) is 17.0. The first-order valence-electron chi connectivity index (χ1n) is 11.5. The first-order chi connectivity index (χ1) is 15.5. The monoisotopic (exact) mass is 437 g/mol. The van der Waals surface area contributed by atoms with Crippen LogP contribution in [0.25, 0.3) is 0 Å². The molecule has 6 nitrogen and oxygen atoms in total. The highest BCUT2D eigenvalue weighted by Crippen LogP contribution is 2.39. The summed E-state index contributed by atoms with van der Waals surface area (Å²) in [5.41, 5.74) is 3.34. The highest BCUT2D eigenvalue weighted by Gasteiger charge is 2.33. The Morgan fingerprint density at radius 3 is 2.53 bits per heavy atom. The molecule has 0 spiro atoms. The predicted octanol–water partition coefficient (Wildman–Crippen LogP) is 4.35. The summed E-state index contributed by atoms with van der Waals surface area (Å²) in [4.78, 5) is 4.44. The van der Waals surface area contributed by atoms with Crippen LogP contribution in [-0.4, -0.2) is 37.9 Å². The van der Waals surface area contributed by atoms with E-state index in [0.29, 0.717) is 19.3 Å². The molecule has 2 aromatic rings. The first kappa shape index (κ1) is 22.6. The van der Waals surface area contributed by atoms with E-state index in [2.05, 4.69) is 65.9 Å². The maximum absolute atomic E-state index is 6.15. The molecule has 2 aliphatic heterocycles. The third kappa shape index (κ3) is 6.02. The standard InChI is InChI=1S/C26H35N3O3/c1-26(2)16-23(22-6-4-5-7-24(22)32-26)29-25(27-3)28-17-19-8-10-20(11-9-19)18-31-21-12-14-30-15-13-21/h4-11,21,23H,12-18H2,1-3H3,(H2,27,28,29). The maximum atomic E-state index is 6.15. The minimum absolute atomic E-state index is 0.144. The van der Waals surface area contributed by atoms with Gasteiger partial charge in [0.15, 0.2) is 5.96 Å². The molecule has 2 aromatic carbocycles. The number of aliphatic imine (C=N–C) groups is 1. The zero-order valence-electron chi connectivity index (χ0n) is 19.4. The van der Waals surface area contributed by atoms with E-state index in [1.807, 2.05) is 19.2 Å². The topological polar surface area (TPSA) is 64.1 Å². The summed E-state index contributed by atoms with van der Waals surface area (Å²) < 4.78 is 17.6. The van der Waals surface area contributed by atoms with Crippen molar-refractivity contribution in [2.45, 2.75) is 64.0 Å². The molecule has 172 valence electrons. The number of ether oxygens (including phenoxy) is 3. The normalized spacial score (nSPS) is 20.8.